The van der Waals surface area contributed by atoms with E-state index in [1.54, 1.807) is 30.8 Å². The zero-order valence-corrected chi connectivity index (χ0v) is 14.1. The molecule has 1 aromatic carbocycles. The van der Waals surface area contributed by atoms with Gasteiger partial charge in [-0.3, -0.25) is 4.79 Å². The summed E-state index contributed by atoms with van der Waals surface area (Å²) in [4.78, 5) is 13.6. The summed E-state index contributed by atoms with van der Waals surface area (Å²) in [5, 5.41) is 12.0. The number of tetrazole rings is 1. The summed E-state index contributed by atoms with van der Waals surface area (Å²) in [7, 11) is 5.06. The molecule has 7 nitrogen and oxygen atoms in total. The van der Waals surface area contributed by atoms with Crippen LogP contribution in [0.4, 0.5) is 0 Å². The molecule has 0 bridgehead atoms. The Morgan fingerprint density at radius 2 is 2.14 bits per heavy atom. The van der Waals surface area contributed by atoms with Crippen molar-refractivity contribution in [1.29, 1.82) is 0 Å². The first-order valence-corrected chi connectivity index (χ1v) is 7.63. The van der Waals surface area contributed by atoms with Crippen LogP contribution in [-0.4, -0.2) is 57.5 Å². The molecule has 8 heteroatoms. The molecule has 0 spiro atoms. The minimum absolute atomic E-state index is 0.00996. The first-order chi connectivity index (χ1) is 10.4. The molecule has 22 heavy (non-hydrogen) atoms. The van der Waals surface area contributed by atoms with E-state index in [9.17, 15) is 4.79 Å². The van der Waals surface area contributed by atoms with E-state index in [-0.39, 0.29) is 11.2 Å². The van der Waals surface area contributed by atoms with Gasteiger partial charge in [0.15, 0.2) is 0 Å². The predicted octanol–water partition coefficient (Wildman–Crippen LogP) is 1.55. The number of rotatable bonds is 5. The standard InChI is InChI=1S/C14H19N5O2S/c1-9-6-7-12(21-5)11(8-9)19-14(15-16-17-19)22-10(2)13(20)18(3)4/h6-8,10H,1-5H3/t10-/m1/s1. The molecule has 1 atom stereocenters. The molecule has 0 N–H and O–H groups in total. The molecular formula is C14H19N5O2S. The first-order valence-electron chi connectivity index (χ1n) is 6.75. The predicted molar refractivity (Wildman–Crippen MR) is 84.5 cm³/mol. The van der Waals surface area contributed by atoms with Crippen molar-refractivity contribution in [2.45, 2.75) is 24.3 Å². The largest absolute Gasteiger partial charge is 0.494 e. The number of methoxy groups -OCH3 is 1. The zero-order valence-electron chi connectivity index (χ0n) is 13.3. The normalized spacial score (nSPS) is 12.0. The summed E-state index contributed by atoms with van der Waals surface area (Å²) in [5.74, 6) is 0.682. The molecule has 1 aromatic heterocycles. The molecule has 2 rings (SSSR count). The highest BCUT2D eigenvalue weighted by molar-refractivity contribution is 8.00. The summed E-state index contributed by atoms with van der Waals surface area (Å²) >= 11 is 1.31. The third kappa shape index (κ3) is 3.38. The van der Waals surface area contributed by atoms with Crippen LogP contribution in [-0.2, 0) is 4.79 Å². The molecule has 0 radical (unpaired) electrons. The fourth-order valence-electron chi connectivity index (χ4n) is 1.94. The fourth-order valence-corrected chi connectivity index (χ4v) is 2.89. The van der Waals surface area contributed by atoms with Crippen LogP contribution in [0.3, 0.4) is 0 Å². The Morgan fingerprint density at radius 1 is 1.41 bits per heavy atom. The van der Waals surface area contributed by atoms with Gasteiger partial charge in [-0.05, 0) is 42.0 Å². The van der Waals surface area contributed by atoms with Crippen LogP contribution in [0.25, 0.3) is 5.69 Å². The Bertz CT molecular complexity index is 671. The number of hydrogen-bond donors (Lipinski definition) is 0. The molecule has 0 aliphatic carbocycles. The van der Waals surface area contributed by atoms with E-state index in [1.807, 2.05) is 32.0 Å². The number of hydrogen-bond acceptors (Lipinski definition) is 6. The van der Waals surface area contributed by atoms with Gasteiger partial charge >= 0.3 is 0 Å². The van der Waals surface area contributed by atoms with Gasteiger partial charge in [-0.15, -0.1) is 5.10 Å². The lowest BCUT2D eigenvalue weighted by Gasteiger charge is -2.16. The summed E-state index contributed by atoms with van der Waals surface area (Å²) in [6, 6.07) is 5.77. The Balaban J connectivity index is 2.34. The summed E-state index contributed by atoms with van der Waals surface area (Å²) in [6.07, 6.45) is 0. The minimum atomic E-state index is -0.282. The molecule has 0 saturated carbocycles. The maximum atomic E-state index is 12.0. The van der Waals surface area contributed by atoms with E-state index in [4.69, 9.17) is 4.74 Å². The second-order valence-corrected chi connectivity index (χ2v) is 6.35. The average molecular weight is 321 g/mol. The van der Waals surface area contributed by atoms with Crippen molar-refractivity contribution < 1.29 is 9.53 Å². The van der Waals surface area contributed by atoms with Crippen LogP contribution in [0.15, 0.2) is 23.4 Å². The van der Waals surface area contributed by atoms with Gasteiger partial charge in [0, 0.05) is 14.1 Å². The Labute approximate surface area is 133 Å². The molecule has 0 fully saturated rings. The third-order valence-electron chi connectivity index (χ3n) is 3.07. The summed E-state index contributed by atoms with van der Waals surface area (Å²) in [6.45, 7) is 3.82. The summed E-state index contributed by atoms with van der Waals surface area (Å²) in [5.41, 5.74) is 1.82. The highest BCUT2D eigenvalue weighted by atomic mass is 32.2. The van der Waals surface area contributed by atoms with Crippen molar-refractivity contribution in [2.24, 2.45) is 0 Å². The topological polar surface area (TPSA) is 73.1 Å². The van der Waals surface area contributed by atoms with Crippen LogP contribution in [0.5, 0.6) is 5.75 Å². The van der Waals surface area contributed by atoms with Crippen LogP contribution in [0.2, 0.25) is 0 Å². The maximum absolute atomic E-state index is 12.0. The lowest BCUT2D eigenvalue weighted by atomic mass is 10.2. The minimum Gasteiger partial charge on any atom is -0.494 e. The van der Waals surface area contributed by atoms with E-state index >= 15 is 0 Å². The van der Waals surface area contributed by atoms with Crippen molar-refractivity contribution in [3.63, 3.8) is 0 Å². The van der Waals surface area contributed by atoms with E-state index in [0.29, 0.717) is 10.9 Å². The maximum Gasteiger partial charge on any atom is 0.235 e. The zero-order chi connectivity index (χ0) is 16.3. The lowest BCUT2D eigenvalue weighted by Crippen LogP contribution is -2.29. The SMILES string of the molecule is COc1ccc(C)cc1-n1nnnc1S[C@H](C)C(=O)N(C)C. The third-order valence-corrected chi connectivity index (χ3v) is 4.09. The quantitative estimate of drug-likeness (QED) is 0.778. The van der Waals surface area contributed by atoms with Crippen molar-refractivity contribution in [2.75, 3.05) is 21.2 Å². The smallest absolute Gasteiger partial charge is 0.235 e. The van der Waals surface area contributed by atoms with E-state index in [2.05, 4.69) is 15.5 Å². The number of ether oxygens (including phenoxy) is 1. The number of benzene rings is 1. The second-order valence-electron chi connectivity index (χ2n) is 5.04. The van der Waals surface area contributed by atoms with Gasteiger partial charge in [0.05, 0.1) is 12.4 Å². The molecule has 0 aliphatic rings. The van der Waals surface area contributed by atoms with Crippen LogP contribution in [0, 0.1) is 6.92 Å². The number of aromatic nitrogens is 4. The number of nitrogens with zero attached hydrogens (tertiary/aromatic N) is 5. The summed E-state index contributed by atoms with van der Waals surface area (Å²) < 4.78 is 6.96. The van der Waals surface area contributed by atoms with Crippen LogP contribution in [0.1, 0.15) is 12.5 Å². The number of carbonyl (C=O) groups is 1. The van der Waals surface area contributed by atoms with Gasteiger partial charge in [-0.25, -0.2) is 0 Å². The van der Waals surface area contributed by atoms with Crippen LogP contribution < -0.4 is 4.74 Å². The second kappa shape index (κ2) is 6.78. The van der Waals surface area contributed by atoms with Gasteiger partial charge < -0.3 is 9.64 Å². The van der Waals surface area contributed by atoms with Crippen molar-refractivity contribution in [3.05, 3.63) is 23.8 Å². The van der Waals surface area contributed by atoms with Gasteiger partial charge in [-0.2, -0.15) is 4.68 Å². The van der Waals surface area contributed by atoms with Crippen LogP contribution >= 0.6 is 11.8 Å². The van der Waals surface area contributed by atoms with E-state index in [1.165, 1.54) is 11.8 Å². The van der Waals surface area contributed by atoms with Crippen molar-refractivity contribution in [3.8, 4) is 11.4 Å². The van der Waals surface area contributed by atoms with Crippen molar-refractivity contribution >= 4 is 17.7 Å². The van der Waals surface area contributed by atoms with E-state index in [0.717, 1.165) is 11.3 Å². The van der Waals surface area contributed by atoms with Gasteiger partial charge in [0.25, 0.3) is 0 Å². The van der Waals surface area contributed by atoms with Gasteiger partial charge in [0.1, 0.15) is 11.4 Å². The average Bonchev–Trinajstić information content (AvgIpc) is 2.94. The molecule has 118 valence electrons. The lowest BCUT2D eigenvalue weighted by molar-refractivity contribution is -0.127. The molecular weight excluding hydrogens is 302 g/mol. The molecule has 1 heterocycles. The highest BCUT2D eigenvalue weighted by Gasteiger charge is 2.21. The number of aryl methyl sites for hydroxylation is 1. The Hall–Kier alpha value is -2.09. The number of amides is 1. The highest BCUT2D eigenvalue weighted by Crippen LogP contribution is 2.28. The molecule has 0 aliphatic heterocycles. The fraction of sp³-hybridized carbons (Fsp3) is 0.429. The monoisotopic (exact) mass is 321 g/mol. The molecule has 2 aromatic rings. The Morgan fingerprint density at radius 3 is 2.77 bits per heavy atom. The van der Waals surface area contributed by atoms with Gasteiger partial charge in [-0.1, -0.05) is 17.8 Å². The molecule has 1 amide bonds. The van der Waals surface area contributed by atoms with Crippen molar-refractivity contribution in [1.82, 2.24) is 25.1 Å². The Kier molecular flexibility index (Phi) is 5.02. The number of thioether (sulfide) groups is 1. The molecule has 0 unspecified atom stereocenters. The first kappa shape index (κ1) is 16.3. The van der Waals surface area contributed by atoms with E-state index < -0.39 is 0 Å². The number of carbonyl (C=O) groups excluding carboxylic acids is 1. The van der Waals surface area contributed by atoms with Gasteiger partial charge in [0.2, 0.25) is 11.1 Å². The molecule has 0 saturated heterocycles.